The fourth-order valence-electron chi connectivity index (χ4n) is 2.55. The van der Waals surface area contributed by atoms with Gasteiger partial charge < -0.3 is 18.9 Å². The molecule has 1 heterocycles. The average Bonchev–Trinajstić information content (AvgIpc) is 2.95. The Balaban J connectivity index is 1.82. The second-order valence-corrected chi connectivity index (χ2v) is 5.25. The summed E-state index contributed by atoms with van der Waals surface area (Å²) in [5.41, 5.74) is 3.89. The second kappa shape index (κ2) is 9.03. The number of hydrogen-bond acceptors (Lipinski definition) is 4. The van der Waals surface area contributed by atoms with Crippen molar-refractivity contribution in [1.82, 2.24) is 0 Å². The van der Waals surface area contributed by atoms with Crippen LogP contribution in [-0.4, -0.2) is 40.1 Å². The van der Waals surface area contributed by atoms with Crippen LogP contribution in [0.1, 0.15) is 30.0 Å². The van der Waals surface area contributed by atoms with Crippen LogP contribution in [-0.2, 0) is 33.7 Å². The van der Waals surface area contributed by atoms with E-state index < -0.39 is 0 Å². The third-order valence-electron chi connectivity index (χ3n) is 3.52. The van der Waals surface area contributed by atoms with E-state index in [0.29, 0.717) is 33.0 Å². The third-order valence-corrected chi connectivity index (χ3v) is 3.52. The monoisotopic (exact) mass is 294 g/mol. The molecule has 0 amide bonds. The van der Waals surface area contributed by atoms with Gasteiger partial charge in [0.25, 0.3) is 0 Å². The number of fused-ring (bicyclic) bond motifs is 1. The summed E-state index contributed by atoms with van der Waals surface area (Å²) in [6.45, 7) is 6.02. The maximum atomic E-state index is 5.75. The lowest BCUT2D eigenvalue weighted by atomic mass is 10.0. The minimum atomic E-state index is 0.591. The van der Waals surface area contributed by atoms with Crippen molar-refractivity contribution in [3.63, 3.8) is 0 Å². The van der Waals surface area contributed by atoms with Gasteiger partial charge in [-0.2, -0.15) is 0 Å². The zero-order chi connectivity index (χ0) is 14.9. The van der Waals surface area contributed by atoms with E-state index in [0.717, 1.165) is 31.6 Å². The minimum Gasteiger partial charge on any atom is -0.493 e. The van der Waals surface area contributed by atoms with Crippen LogP contribution >= 0.6 is 0 Å². The van der Waals surface area contributed by atoms with Crippen molar-refractivity contribution in [2.24, 2.45) is 0 Å². The molecule has 0 radical (unpaired) electrons. The summed E-state index contributed by atoms with van der Waals surface area (Å²) in [5, 5.41) is 0. The first-order valence-electron chi connectivity index (χ1n) is 7.77. The van der Waals surface area contributed by atoms with Crippen LogP contribution in [0.5, 0.6) is 5.75 Å². The van der Waals surface area contributed by atoms with Crippen molar-refractivity contribution in [2.45, 2.75) is 32.8 Å². The van der Waals surface area contributed by atoms with E-state index in [1.165, 1.54) is 16.7 Å². The normalized spacial score (nSPS) is 13.2. The molecule has 0 aromatic heterocycles. The van der Waals surface area contributed by atoms with Gasteiger partial charge in [0.1, 0.15) is 5.75 Å². The summed E-state index contributed by atoms with van der Waals surface area (Å²) >= 11 is 0. The van der Waals surface area contributed by atoms with E-state index in [2.05, 4.69) is 19.1 Å². The molecular weight excluding hydrogens is 268 g/mol. The molecule has 0 spiro atoms. The zero-order valence-corrected chi connectivity index (χ0v) is 13.2. The number of hydrogen-bond donors (Lipinski definition) is 0. The summed E-state index contributed by atoms with van der Waals surface area (Å²) in [6, 6.07) is 4.50. The van der Waals surface area contributed by atoms with Gasteiger partial charge in [-0.05, 0) is 23.6 Å². The lowest BCUT2D eigenvalue weighted by molar-refractivity contribution is 0.0195. The molecular formula is C17H26O4. The fraction of sp³-hybridized carbons (Fsp3) is 0.647. The predicted molar refractivity (Wildman–Crippen MR) is 82.0 cm³/mol. The Kier molecular flexibility index (Phi) is 7.00. The number of benzene rings is 1. The van der Waals surface area contributed by atoms with Gasteiger partial charge in [0.2, 0.25) is 0 Å². The molecule has 4 heteroatoms. The van der Waals surface area contributed by atoms with Gasteiger partial charge in [-0.3, -0.25) is 0 Å². The molecule has 0 saturated heterocycles. The summed E-state index contributed by atoms with van der Waals surface area (Å²) in [4.78, 5) is 0. The second-order valence-electron chi connectivity index (χ2n) is 5.25. The molecule has 1 aromatic rings. The highest BCUT2D eigenvalue weighted by Gasteiger charge is 2.17. The molecule has 1 aliphatic rings. The van der Waals surface area contributed by atoms with E-state index >= 15 is 0 Å². The predicted octanol–water partition coefficient (Wildman–Crippen LogP) is 2.75. The fourth-order valence-corrected chi connectivity index (χ4v) is 2.55. The quantitative estimate of drug-likeness (QED) is 0.622. The van der Waals surface area contributed by atoms with Gasteiger partial charge in [0.15, 0.2) is 0 Å². The molecule has 0 aliphatic carbocycles. The molecule has 21 heavy (non-hydrogen) atoms. The Morgan fingerprint density at radius 3 is 2.71 bits per heavy atom. The summed E-state index contributed by atoms with van der Waals surface area (Å²) < 4.78 is 21.8. The van der Waals surface area contributed by atoms with E-state index in [1.54, 1.807) is 7.11 Å². The number of ether oxygens (including phenoxy) is 4. The molecule has 1 aliphatic heterocycles. The standard InChI is InChI=1S/C17H26O4/c1-3-4-14-11-15-5-6-21-17(15)16(12-14)13-20-10-9-19-8-7-18-2/h11-12H,3-10,13H2,1-2H3. The first kappa shape index (κ1) is 16.3. The molecule has 4 nitrogen and oxygen atoms in total. The number of rotatable bonds is 10. The minimum absolute atomic E-state index is 0.591. The summed E-state index contributed by atoms with van der Waals surface area (Å²) in [6.07, 6.45) is 3.29. The van der Waals surface area contributed by atoms with Crippen LogP contribution in [0.2, 0.25) is 0 Å². The van der Waals surface area contributed by atoms with Gasteiger partial charge in [-0.25, -0.2) is 0 Å². The van der Waals surface area contributed by atoms with Gasteiger partial charge in [0.05, 0.1) is 39.6 Å². The highest BCUT2D eigenvalue weighted by Crippen LogP contribution is 2.32. The van der Waals surface area contributed by atoms with Crippen LogP contribution in [0, 0.1) is 0 Å². The molecule has 0 fully saturated rings. The SMILES string of the molecule is CCCc1cc2c(c(COCCOCCOC)c1)OCC2. The van der Waals surface area contributed by atoms with Crippen LogP contribution in [0.15, 0.2) is 12.1 Å². The maximum absolute atomic E-state index is 5.75. The van der Waals surface area contributed by atoms with Crippen LogP contribution in [0.25, 0.3) is 0 Å². The van der Waals surface area contributed by atoms with Crippen molar-refractivity contribution < 1.29 is 18.9 Å². The molecule has 2 rings (SSSR count). The maximum Gasteiger partial charge on any atom is 0.128 e. The lowest BCUT2D eigenvalue weighted by Gasteiger charge is -2.12. The number of methoxy groups -OCH3 is 1. The largest absolute Gasteiger partial charge is 0.493 e. The van der Waals surface area contributed by atoms with Crippen LogP contribution in [0.4, 0.5) is 0 Å². The molecule has 0 atom stereocenters. The first-order chi connectivity index (χ1) is 10.3. The first-order valence-corrected chi connectivity index (χ1v) is 7.77. The van der Waals surface area contributed by atoms with Crippen LogP contribution < -0.4 is 4.74 Å². The molecule has 0 saturated carbocycles. The van der Waals surface area contributed by atoms with Gasteiger partial charge >= 0.3 is 0 Å². The van der Waals surface area contributed by atoms with Crippen molar-refractivity contribution in [3.05, 3.63) is 28.8 Å². The Hall–Kier alpha value is -1.10. The Labute approximate surface area is 127 Å². The van der Waals surface area contributed by atoms with Crippen molar-refractivity contribution >= 4 is 0 Å². The summed E-state index contributed by atoms with van der Waals surface area (Å²) in [7, 11) is 1.67. The highest BCUT2D eigenvalue weighted by atomic mass is 16.5. The van der Waals surface area contributed by atoms with Gasteiger partial charge in [-0.1, -0.05) is 19.4 Å². The average molecular weight is 294 g/mol. The molecule has 1 aromatic carbocycles. The van der Waals surface area contributed by atoms with Gasteiger partial charge in [-0.15, -0.1) is 0 Å². The molecule has 0 unspecified atom stereocenters. The Bertz CT molecular complexity index is 431. The zero-order valence-electron chi connectivity index (χ0n) is 13.2. The highest BCUT2D eigenvalue weighted by molar-refractivity contribution is 5.46. The van der Waals surface area contributed by atoms with E-state index in [1.807, 2.05) is 0 Å². The third kappa shape index (κ3) is 4.99. The Morgan fingerprint density at radius 1 is 1.10 bits per heavy atom. The van der Waals surface area contributed by atoms with Crippen LogP contribution in [0.3, 0.4) is 0 Å². The Morgan fingerprint density at radius 2 is 1.90 bits per heavy atom. The van der Waals surface area contributed by atoms with Crippen molar-refractivity contribution in [1.29, 1.82) is 0 Å². The smallest absolute Gasteiger partial charge is 0.128 e. The number of aryl methyl sites for hydroxylation is 1. The van der Waals surface area contributed by atoms with E-state index in [-0.39, 0.29) is 0 Å². The van der Waals surface area contributed by atoms with Crippen molar-refractivity contribution in [2.75, 3.05) is 40.1 Å². The summed E-state index contributed by atoms with van der Waals surface area (Å²) in [5.74, 6) is 1.04. The molecule has 118 valence electrons. The van der Waals surface area contributed by atoms with E-state index in [9.17, 15) is 0 Å². The van der Waals surface area contributed by atoms with Crippen molar-refractivity contribution in [3.8, 4) is 5.75 Å². The lowest BCUT2D eigenvalue weighted by Crippen LogP contribution is -2.08. The van der Waals surface area contributed by atoms with E-state index in [4.69, 9.17) is 18.9 Å². The topological polar surface area (TPSA) is 36.9 Å². The molecule has 0 N–H and O–H groups in total. The molecule has 0 bridgehead atoms. The van der Waals surface area contributed by atoms with Gasteiger partial charge in [0, 0.05) is 19.1 Å².